The zero-order valence-electron chi connectivity index (χ0n) is 30.0. The van der Waals surface area contributed by atoms with E-state index in [9.17, 15) is 0 Å². The van der Waals surface area contributed by atoms with E-state index in [0.717, 1.165) is 20.0 Å². The van der Waals surface area contributed by atoms with E-state index in [4.69, 9.17) is 0 Å². The summed E-state index contributed by atoms with van der Waals surface area (Å²) in [4.78, 5) is 2.46. The smallest absolute Gasteiger partial charge is 0.250 e. The maximum atomic E-state index is 2.46. The van der Waals surface area contributed by atoms with Gasteiger partial charge in [0.15, 0.2) is 20.0 Å². The molecule has 0 atom stereocenters. The molecule has 0 unspecified atom stereocenters. The molecule has 0 aliphatic carbocycles. The zero-order chi connectivity index (χ0) is 32.7. The lowest BCUT2D eigenvalue weighted by Crippen LogP contribution is -3.00. The van der Waals surface area contributed by atoms with Crippen molar-refractivity contribution in [2.75, 3.05) is 0 Å². The number of hydrogen-bond acceptors (Lipinski definition) is 1. The summed E-state index contributed by atoms with van der Waals surface area (Å²) in [6.45, 7) is 21.9. The van der Waals surface area contributed by atoms with Gasteiger partial charge in [-0.1, -0.05) is 53.1 Å². The molecule has 260 valence electrons. The van der Waals surface area contributed by atoms with Gasteiger partial charge in [-0.25, -0.2) is 27.4 Å². The molecule has 0 aliphatic rings. The molecule has 6 rings (SSSR count). The number of imidazole rings is 3. The Morgan fingerprint density at radius 1 is 0.408 bits per heavy atom. The Kier molecular flexibility index (Phi) is 13.1. The van der Waals surface area contributed by atoms with Gasteiger partial charge in [0.25, 0.3) is 0 Å². The third kappa shape index (κ3) is 8.65. The monoisotopic (exact) mass is 719 g/mol. The lowest BCUT2D eigenvalue weighted by atomic mass is 10.1. The fourth-order valence-electron chi connectivity index (χ4n) is 7.40. The molecule has 3 aromatic heterocycles. The normalized spacial score (nSPS) is 10.9. The summed E-state index contributed by atoms with van der Waals surface area (Å²) in [7, 11) is 0. The number of benzene rings is 3. The van der Waals surface area contributed by atoms with Crippen molar-refractivity contribution < 1.29 is 50.9 Å². The Morgan fingerprint density at radius 3 is 0.857 bits per heavy atom. The van der Waals surface area contributed by atoms with Crippen LogP contribution in [0.25, 0.3) is 17.1 Å². The van der Waals surface area contributed by atoms with Crippen LogP contribution in [0.15, 0.2) is 92.6 Å². The van der Waals surface area contributed by atoms with Gasteiger partial charge in [-0.05, 0) is 95.7 Å². The van der Waals surface area contributed by atoms with Crippen molar-refractivity contribution in [1.29, 1.82) is 0 Å². The largest absolute Gasteiger partial charge is 1.00 e. The van der Waals surface area contributed by atoms with Crippen LogP contribution in [0.2, 0.25) is 0 Å². The number of hydrogen-bond donors (Lipinski definition) is 0. The molecule has 7 nitrogen and oxygen atoms in total. The Bertz CT molecular complexity index is 1750. The highest BCUT2D eigenvalue weighted by atomic mass is 35.5. The molecular weight excluding hydrogens is 673 g/mol. The van der Waals surface area contributed by atoms with Crippen LogP contribution in [-0.4, -0.2) is 18.6 Å². The number of aryl methyl sites for hydroxylation is 9. The van der Waals surface area contributed by atoms with Crippen molar-refractivity contribution in [2.45, 2.75) is 82.3 Å². The fraction of sp³-hybridized carbons (Fsp3) is 0.308. The van der Waals surface area contributed by atoms with Crippen LogP contribution < -0.4 is 50.9 Å². The van der Waals surface area contributed by atoms with Crippen molar-refractivity contribution in [2.24, 2.45) is 0 Å². The van der Waals surface area contributed by atoms with E-state index >= 15 is 0 Å². The predicted molar refractivity (Wildman–Crippen MR) is 182 cm³/mol. The van der Waals surface area contributed by atoms with Crippen LogP contribution in [0.4, 0.5) is 0 Å². The maximum absolute atomic E-state index is 2.46. The number of rotatable bonds is 9. The molecular formula is C39H48Cl3N7. The summed E-state index contributed by atoms with van der Waals surface area (Å²) in [6, 6.07) is 13.6. The van der Waals surface area contributed by atoms with Gasteiger partial charge in [0, 0.05) is 0 Å². The van der Waals surface area contributed by atoms with Gasteiger partial charge >= 0.3 is 0 Å². The van der Waals surface area contributed by atoms with Crippen molar-refractivity contribution in [3.05, 3.63) is 143 Å². The standard InChI is InChI=1S/C39H48N7.3ClH/c1-28-16-31(4)37(32(5)17-28)44-13-10-40(25-44)22-43(23-41-11-14-45(26-41)38-33(6)18-29(2)19-34(38)7)24-42-12-15-46(27-42)39-35(8)20-30(3)21-36(39)9;;;/h10-21,25-27H,22-24H2,1-9H3;3*1H/q+3;;;/p-3. The molecule has 6 aromatic rings. The second kappa shape index (κ2) is 16.2. The third-order valence-corrected chi connectivity index (χ3v) is 8.85. The fourth-order valence-corrected chi connectivity index (χ4v) is 7.40. The van der Waals surface area contributed by atoms with Crippen molar-refractivity contribution in [3.63, 3.8) is 0 Å². The highest BCUT2D eigenvalue weighted by Gasteiger charge is 2.21. The molecule has 49 heavy (non-hydrogen) atoms. The lowest BCUT2D eigenvalue weighted by Gasteiger charge is -2.16. The Balaban J connectivity index is 0.00000217. The molecule has 0 spiro atoms. The summed E-state index contributed by atoms with van der Waals surface area (Å²) >= 11 is 0. The van der Waals surface area contributed by atoms with Gasteiger partial charge < -0.3 is 37.2 Å². The Morgan fingerprint density at radius 2 is 0.633 bits per heavy atom. The van der Waals surface area contributed by atoms with Gasteiger partial charge in [0.1, 0.15) is 54.2 Å². The predicted octanol–water partition coefficient (Wildman–Crippen LogP) is -2.72. The minimum absolute atomic E-state index is 0. The average molecular weight is 721 g/mol. The molecule has 0 N–H and O–H groups in total. The van der Waals surface area contributed by atoms with E-state index in [1.54, 1.807) is 0 Å². The minimum Gasteiger partial charge on any atom is -1.00 e. The quantitative estimate of drug-likeness (QED) is 0.150. The second-order valence-corrected chi connectivity index (χ2v) is 13.3. The molecule has 0 bridgehead atoms. The van der Waals surface area contributed by atoms with Crippen molar-refractivity contribution in [1.82, 2.24) is 18.6 Å². The van der Waals surface area contributed by atoms with Gasteiger partial charge in [-0.15, -0.1) is 0 Å². The van der Waals surface area contributed by atoms with E-state index in [1.807, 2.05) is 0 Å². The van der Waals surface area contributed by atoms with Crippen LogP contribution in [0.3, 0.4) is 0 Å². The van der Waals surface area contributed by atoms with Gasteiger partial charge in [0.2, 0.25) is 19.0 Å². The average Bonchev–Trinajstić information content (AvgIpc) is 3.70. The first-order valence-corrected chi connectivity index (χ1v) is 16.1. The first-order chi connectivity index (χ1) is 21.9. The highest BCUT2D eigenvalue weighted by Crippen LogP contribution is 2.22. The summed E-state index contributed by atoms with van der Waals surface area (Å²) in [5, 5.41) is 0. The molecule has 0 aliphatic heterocycles. The zero-order valence-corrected chi connectivity index (χ0v) is 32.3. The minimum atomic E-state index is 0. The maximum Gasteiger partial charge on any atom is 0.250 e. The number of aromatic nitrogens is 6. The van der Waals surface area contributed by atoms with Crippen LogP contribution in [0.1, 0.15) is 50.1 Å². The SMILES string of the molecule is Cc1cc(C)c(-n2cc[n+](CN(C[n+]3ccn(-c4c(C)cc(C)cc4C)c3)C[n+]3ccn(-c4c(C)cc(C)cc4C)c3)c2)c(C)c1.[Cl-].[Cl-].[Cl-]. The third-order valence-electron chi connectivity index (χ3n) is 8.85. The first kappa shape index (κ1) is 39.6. The van der Waals surface area contributed by atoms with E-state index in [1.165, 1.54) is 67.1 Å². The van der Waals surface area contributed by atoms with Crippen molar-refractivity contribution >= 4 is 0 Å². The number of halogens is 3. The van der Waals surface area contributed by atoms with Gasteiger partial charge in [-0.2, -0.15) is 4.90 Å². The molecule has 3 heterocycles. The van der Waals surface area contributed by atoms with E-state index in [2.05, 4.69) is 187 Å². The molecule has 10 heteroatoms. The topological polar surface area (TPSA) is 29.7 Å². The van der Waals surface area contributed by atoms with Crippen LogP contribution in [0.5, 0.6) is 0 Å². The molecule has 0 saturated heterocycles. The lowest BCUT2D eigenvalue weighted by molar-refractivity contribution is -0.799. The Hall–Kier alpha value is -3.88. The van der Waals surface area contributed by atoms with Crippen molar-refractivity contribution in [3.8, 4) is 17.1 Å². The Labute approximate surface area is 310 Å². The second-order valence-electron chi connectivity index (χ2n) is 13.3. The molecule has 0 amide bonds. The molecule has 3 aromatic carbocycles. The molecule has 0 fully saturated rings. The van der Waals surface area contributed by atoms with Gasteiger partial charge in [-0.3, -0.25) is 0 Å². The van der Waals surface area contributed by atoms with E-state index in [-0.39, 0.29) is 37.2 Å². The summed E-state index contributed by atoms with van der Waals surface area (Å²) in [5.74, 6) is 0. The number of nitrogens with zero attached hydrogens (tertiary/aromatic N) is 7. The van der Waals surface area contributed by atoms with Crippen LogP contribution >= 0.6 is 0 Å². The molecule has 0 radical (unpaired) electrons. The van der Waals surface area contributed by atoms with E-state index in [0.29, 0.717) is 0 Å². The summed E-state index contributed by atoms with van der Waals surface area (Å²) in [6.07, 6.45) is 19.7. The summed E-state index contributed by atoms with van der Waals surface area (Å²) < 4.78 is 13.6. The van der Waals surface area contributed by atoms with Crippen LogP contribution in [0, 0.1) is 62.3 Å². The van der Waals surface area contributed by atoms with Gasteiger partial charge in [0.05, 0.1) is 0 Å². The summed E-state index contributed by atoms with van der Waals surface area (Å²) in [5.41, 5.74) is 15.4. The highest BCUT2D eigenvalue weighted by molar-refractivity contribution is 5.50. The van der Waals surface area contributed by atoms with E-state index < -0.39 is 0 Å². The molecule has 0 saturated carbocycles. The first-order valence-electron chi connectivity index (χ1n) is 16.1. The van der Waals surface area contributed by atoms with Crippen LogP contribution in [-0.2, 0) is 20.0 Å².